The second-order valence-corrected chi connectivity index (χ2v) is 6.18. The largest absolute Gasteiger partial charge is 0.497 e. The maximum Gasteiger partial charge on any atom is 0.173 e. The number of fused-ring (bicyclic) bond motifs is 1. The van der Waals surface area contributed by atoms with E-state index >= 15 is 0 Å². The van der Waals surface area contributed by atoms with Gasteiger partial charge in [0.2, 0.25) is 0 Å². The molecule has 2 aromatic carbocycles. The third-order valence-electron chi connectivity index (χ3n) is 4.07. The first-order valence-corrected chi connectivity index (χ1v) is 8.18. The minimum atomic E-state index is 0.688. The number of methoxy groups -OCH3 is 1. The fourth-order valence-corrected chi connectivity index (χ4v) is 2.95. The molecule has 5 heteroatoms. The molecule has 0 amide bonds. The van der Waals surface area contributed by atoms with E-state index in [-0.39, 0.29) is 0 Å². The number of aromatic nitrogens is 1. The van der Waals surface area contributed by atoms with E-state index in [1.165, 1.54) is 16.5 Å². The smallest absolute Gasteiger partial charge is 0.173 e. The molecular weight excluding hydrogens is 318 g/mol. The predicted octanol–water partition coefficient (Wildman–Crippen LogP) is 4.02. The van der Waals surface area contributed by atoms with E-state index in [9.17, 15) is 0 Å². The number of benzene rings is 2. The number of thiocarbonyl (C=S) groups is 1. The van der Waals surface area contributed by atoms with Crippen LogP contribution in [0.2, 0.25) is 0 Å². The second kappa shape index (κ2) is 6.93. The average Bonchev–Trinajstić information content (AvgIpc) is 2.92. The Bertz CT molecular complexity index is 855. The van der Waals surface area contributed by atoms with Crippen molar-refractivity contribution in [1.82, 2.24) is 9.47 Å². The Morgan fingerprint density at radius 1 is 1.17 bits per heavy atom. The summed E-state index contributed by atoms with van der Waals surface area (Å²) in [6.07, 6.45) is 2.16. The van der Waals surface area contributed by atoms with Crippen molar-refractivity contribution in [3.05, 3.63) is 60.3 Å². The van der Waals surface area contributed by atoms with E-state index in [4.69, 9.17) is 17.0 Å². The fourth-order valence-electron chi connectivity index (χ4n) is 2.77. The SMILES string of the molecule is COc1ccc(NC(=S)N(C)Cc2cn(C)c3ccccc23)cc1. The van der Waals surface area contributed by atoms with Crippen LogP contribution in [0, 0.1) is 0 Å². The number of ether oxygens (including phenoxy) is 1. The highest BCUT2D eigenvalue weighted by molar-refractivity contribution is 7.80. The molecule has 0 saturated carbocycles. The van der Waals surface area contributed by atoms with Gasteiger partial charge < -0.3 is 19.5 Å². The molecule has 0 radical (unpaired) electrons. The zero-order valence-electron chi connectivity index (χ0n) is 14.1. The molecule has 0 fully saturated rings. The van der Waals surface area contributed by atoms with Gasteiger partial charge in [0, 0.05) is 43.4 Å². The Morgan fingerprint density at radius 2 is 1.88 bits per heavy atom. The summed E-state index contributed by atoms with van der Waals surface area (Å²) in [6, 6.07) is 16.1. The van der Waals surface area contributed by atoms with Gasteiger partial charge in [-0.05, 0) is 48.1 Å². The Kier molecular flexibility index (Phi) is 4.71. The molecule has 3 rings (SSSR count). The lowest BCUT2D eigenvalue weighted by Gasteiger charge is -2.21. The van der Waals surface area contributed by atoms with Crippen LogP contribution in [0.15, 0.2) is 54.7 Å². The summed E-state index contributed by atoms with van der Waals surface area (Å²) in [5.41, 5.74) is 3.44. The molecule has 0 unspecified atom stereocenters. The molecule has 1 N–H and O–H groups in total. The molecular formula is C19H21N3OS. The van der Waals surface area contributed by atoms with Crippen molar-refractivity contribution < 1.29 is 4.74 Å². The lowest BCUT2D eigenvalue weighted by atomic mass is 10.2. The van der Waals surface area contributed by atoms with E-state index in [0.717, 1.165) is 18.0 Å². The first kappa shape index (κ1) is 16.3. The molecule has 0 atom stereocenters. The van der Waals surface area contributed by atoms with Crippen molar-refractivity contribution >= 4 is 33.9 Å². The number of hydrogen-bond donors (Lipinski definition) is 1. The monoisotopic (exact) mass is 339 g/mol. The molecule has 0 aliphatic heterocycles. The normalized spacial score (nSPS) is 10.6. The van der Waals surface area contributed by atoms with Crippen molar-refractivity contribution in [2.75, 3.05) is 19.5 Å². The van der Waals surface area contributed by atoms with Gasteiger partial charge in [0.1, 0.15) is 5.75 Å². The lowest BCUT2D eigenvalue weighted by Crippen LogP contribution is -2.30. The van der Waals surface area contributed by atoms with Gasteiger partial charge in [0.15, 0.2) is 5.11 Å². The number of nitrogens with one attached hydrogen (secondary N) is 1. The average molecular weight is 339 g/mol. The lowest BCUT2D eigenvalue weighted by molar-refractivity contribution is 0.415. The molecule has 0 aliphatic rings. The zero-order valence-corrected chi connectivity index (χ0v) is 14.9. The van der Waals surface area contributed by atoms with E-state index < -0.39 is 0 Å². The number of rotatable bonds is 4. The van der Waals surface area contributed by atoms with Gasteiger partial charge in [-0.1, -0.05) is 18.2 Å². The van der Waals surface area contributed by atoms with Crippen LogP contribution in [0.3, 0.4) is 0 Å². The summed E-state index contributed by atoms with van der Waals surface area (Å²) in [6.45, 7) is 0.753. The molecule has 0 aliphatic carbocycles. The molecule has 4 nitrogen and oxygen atoms in total. The zero-order chi connectivity index (χ0) is 17.1. The summed E-state index contributed by atoms with van der Waals surface area (Å²) in [5.74, 6) is 0.829. The third kappa shape index (κ3) is 3.36. The maximum atomic E-state index is 5.53. The van der Waals surface area contributed by atoms with E-state index in [1.54, 1.807) is 7.11 Å². The topological polar surface area (TPSA) is 29.4 Å². The van der Waals surface area contributed by atoms with Gasteiger partial charge in [-0.3, -0.25) is 0 Å². The van der Waals surface area contributed by atoms with Crippen LogP contribution >= 0.6 is 12.2 Å². The number of nitrogens with zero attached hydrogens (tertiary/aromatic N) is 2. The number of hydrogen-bond acceptors (Lipinski definition) is 2. The van der Waals surface area contributed by atoms with Crippen LogP contribution in [0.4, 0.5) is 5.69 Å². The number of anilines is 1. The van der Waals surface area contributed by atoms with E-state index in [1.807, 2.05) is 36.2 Å². The van der Waals surface area contributed by atoms with Gasteiger partial charge in [-0.2, -0.15) is 0 Å². The molecule has 0 bridgehead atoms. The number of aryl methyl sites for hydroxylation is 1. The highest BCUT2D eigenvalue weighted by Crippen LogP contribution is 2.22. The second-order valence-electron chi connectivity index (χ2n) is 5.80. The Balaban J connectivity index is 1.71. The van der Waals surface area contributed by atoms with Crippen LogP contribution < -0.4 is 10.1 Å². The maximum absolute atomic E-state index is 5.53. The van der Waals surface area contributed by atoms with Crippen LogP contribution in [0.25, 0.3) is 10.9 Å². The predicted molar refractivity (Wildman–Crippen MR) is 104 cm³/mol. The summed E-state index contributed by atoms with van der Waals surface area (Å²) in [4.78, 5) is 2.04. The van der Waals surface area contributed by atoms with Crippen molar-refractivity contribution in [1.29, 1.82) is 0 Å². The summed E-state index contributed by atoms with van der Waals surface area (Å²) in [5, 5.41) is 5.21. The molecule has 0 saturated heterocycles. The van der Waals surface area contributed by atoms with E-state index in [0.29, 0.717) is 5.11 Å². The van der Waals surface area contributed by atoms with Gasteiger partial charge in [-0.25, -0.2) is 0 Å². The molecule has 3 aromatic rings. The Hall–Kier alpha value is -2.53. The first-order chi connectivity index (χ1) is 11.6. The summed E-state index contributed by atoms with van der Waals surface area (Å²) >= 11 is 5.53. The Morgan fingerprint density at radius 3 is 2.58 bits per heavy atom. The van der Waals surface area contributed by atoms with Crippen molar-refractivity contribution in [2.24, 2.45) is 7.05 Å². The minimum Gasteiger partial charge on any atom is -0.497 e. The highest BCUT2D eigenvalue weighted by atomic mass is 32.1. The molecule has 0 spiro atoms. The van der Waals surface area contributed by atoms with Gasteiger partial charge in [0.25, 0.3) is 0 Å². The van der Waals surface area contributed by atoms with Crippen LogP contribution in [0.1, 0.15) is 5.56 Å². The first-order valence-electron chi connectivity index (χ1n) is 7.77. The molecule has 1 heterocycles. The van der Waals surface area contributed by atoms with Gasteiger partial charge >= 0.3 is 0 Å². The highest BCUT2D eigenvalue weighted by Gasteiger charge is 2.11. The number of para-hydroxylation sites is 1. The van der Waals surface area contributed by atoms with Crippen LogP contribution in [-0.2, 0) is 13.6 Å². The van der Waals surface area contributed by atoms with Crippen LogP contribution in [0.5, 0.6) is 5.75 Å². The van der Waals surface area contributed by atoms with Crippen molar-refractivity contribution in [3.63, 3.8) is 0 Å². The van der Waals surface area contributed by atoms with Crippen molar-refractivity contribution in [3.8, 4) is 5.75 Å². The molecule has 24 heavy (non-hydrogen) atoms. The standard InChI is InChI=1S/C19H21N3OS/c1-21-12-14(17-6-4-5-7-18(17)21)13-22(2)19(24)20-15-8-10-16(23-3)11-9-15/h4-12H,13H2,1-3H3,(H,20,24). The van der Waals surface area contributed by atoms with E-state index in [2.05, 4.69) is 47.4 Å². The molecule has 1 aromatic heterocycles. The van der Waals surface area contributed by atoms with Gasteiger partial charge in [-0.15, -0.1) is 0 Å². The molecule has 124 valence electrons. The van der Waals surface area contributed by atoms with Gasteiger partial charge in [0.05, 0.1) is 7.11 Å². The Labute approximate surface area is 147 Å². The summed E-state index contributed by atoms with van der Waals surface area (Å²) in [7, 11) is 5.73. The quantitative estimate of drug-likeness (QED) is 0.727. The minimum absolute atomic E-state index is 0.688. The van der Waals surface area contributed by atoms with Crippen molar-refractivity contribution in [2.45, 2.75) is 6.54 Å². The summed E-state index contributed by atoms with van der Waals surface area (Å²) < 4.78 is 7.32. The third-order valence-corrected chi connectivity index (χ3v) is 4.49. The van der Waals surface area contributed by atoms with Crippen LogP contribution in [-0.4, -0.2) is 28.7 Å². The fraction of sp³-hybridized carbons (Fsp3) is 0.211.